The molecule has 0 nitrogen and oxygen atoms in total. The van der Waals surface area contributed by atoms with Gasteiger partial charge in [0.2, 0.25) is 6.43 Å². The molecule has 0 spiro atoms. The fraction of sp³-hybridized carbons (Fsp3) is 1.00. The van der Waals surface area contributed by atoms with Crippen molar-refractivity contribution in [1.82, 2.24) is 0 Å². The quantitative estimate of drug-likeness (QED) is 0.601. The van der Waals surface area contributed by atoms with Crippen molar-refractivity contribution < 1.29 is 8.78 Å². The summed E-state index contributed by atoms with van der Waals surface area (Å²) < 4.78 is 24.5. The number of halogens is 2. The topological polar surface area (TPSA) is 0 Å². The second kappa shape index (κ2) is 4.20. The number of hydrogen-bond donors (Lipinski definition) is 0. The highest BCUT2D eigenvalue weighted by atomic mass is 19.3. The predicted molar refractivity (Wildman–Crippen MR) is 46.3 cm³/mol. The van der Waals surface area contributed by atoms with Crippen LogP contribution in [0.3, 0.4) is 0 Å². The second-order valence-electron chi connectivity index (χ2n) is 4.25. The van der Waals surface area contributed by atoms with E-state index >= 15 is 0 Å². The first-order valence-corrected chi connectivity index (χ1v) is 4.89. The molecule has 1 aliphatic carbocycles. The molecular formula is C10H18F2. The summed E-state index contributed by atoms with van der Waals surface area (Å²) >= 11 is 0. The smallest absolute Gasteiger partial charge is 0.210 e. The van der Waals surface area contributed by atoms with E-state index in [4.69, 9.17) is 0 Å². The molecule has 0 radical (unpaired) electrons. The minimum atomic E-state index is -2.09. The molecule has 0 unspecified atom stereocenters. The summed E-state index contributed by atoms with van der Waals surface area (Å²) in [5.41, 5.74) is 0. The van der Waals surface area contributed by atoms with Crippen molar-refractivity contribution in [2.75, 3.05) is 0 Å². The molecule has 0 saturated heterocycles. The van der Waals surface area contributed by atoms with Gasteiger partial charge in [0.15, 0.2) is 0 Å². The van der Waals surface area contributed by atoms with E-state index in [1.807, 2.05) is 0 Å². The van der Waals surface area contributed by atoms with E-state index in [1.54, 1.807) is 0 Å². The molecule has 0 aliphatic heterocycles. The fourth-order valence-electron chi connectivity index (χ4n) is 2.06. The predicted octanol–water partition coefficient (Wildman–Crippen LogP) is 3.71. The third-order valence-corrected chi connectivity index (χ3v) is 3.12. The summed E-state index contributed by atoms with van der Waals surface area (Å²) in [7, 11) is 0. The van der Waals surface area contributed by atoms with E-state index in [9.17, 15) is 8.78 Å². The van der Waals surface area contributed by atoms with Crippen LogP contribution in [0, 0.1) is 17.8 Å². The van der Waals surface area contributed by atoms with E-state index in [1.165, 1.54) is 0 Å². The Morgan fingerprint density at radius 1 is 0.917 bits per heavy atom. The Morgan fingerprint density at radius 2 is 1.33 bits per heavy atom. The van der Waals surface area contributed by atoms with Crippen LogP contribution in [0.2, 0.25) is 0 Å². The van der Waals surface area contributed by atoms with Gasteiger partial charge in [0.1, 0.15) is 0 Å². The number of hydrogen-bond acceptors (Lipinski definition) is 0. The Morgan fingerprint density at radius 3 is 1.67 bits per heavy atom. The highest BCUT2D eigenvalue weighted by Crippen LogP contribution is 2.35. The molecule has 0 N–H and O–H groups in total. The summed E-state index contributed by atoms with van der Waals surface area (Å²) in [6.07, 6.45) is 1.40. The summed E-state index contributed by atoms with van der Waals surface area (Å²) in [5, 5.41) is 0. The van der Waals surface area contributed by atoms with Crippen LogP contribution in [-0.4, -0.2) is 6.43 Å². The summed E-state index contributed by atoms with van der Waals surface area (Å²) in [6.45, 7) is 4.38. The van der Waals surface area contributed by atoms with Gasteiger partial charge in [-0.05, 0) is 37.5 Å². The van der Waals surface area contributed by atoms with Gasteiger partial charge < -0.3 is 0 Å². The van der Waals surface area contributed by atoms with E-state index in [0.29, 0.717) is 11.8 Å². The van der Waals surface area contributed by atoms with Crippen LogP contribution in [0.15, 0.2) is 0 Å². The standard InChI is InChI=1S/C10H18F2/c1-7(2)8-3-5-9(6-4-8)10(11)12/h7-10H,3-6H2,1-2H3/t8-,9-. The van der Waals surface area contributed by atoms with E-state index in [0.717, 1.165) is 25.7 Å². The summed E-state index contributed by atoms with van der Waals surface area (Å²) in [4.78, 5) is 0. The van der Waals surface area contributed by atoms with E-state index < -0.39 is 6.43 Å². The van der Waals surface area contributed by atoms with E-state index in [2.05, 4.69) is 13.8 Å². The lowest BCUT2D eigenvalue weighted by Crippen LogP contribution is -2.22. The lowest BCUT2D eigenvalue weighted by atomic mass is 9.77. The molecule has 12 heavy (non-hydrogen) atoms. The van der Waals surface area contributed by atoms with Crippen molar-refractivity contribution in [3.8, 4) is 0 Å². The van der Waals surface area contributed by atoms with Crippen molar-refractivity contribution in [2.45, 2.75) is 46.0 Å². The van der Waals surface area contributed by atoms with Crippen molar-refractivity contribution >= 4 is 0 Å². The average molecular weight is 176 g/mol. The van der Waals surface area contributed by atoms with Crippen LogP contribution in [0.25, 0.3) is 0 Å². The monoisotopic (exact) mass is 176 g/mol. The molecule has 1 rings (SSSR count). The normalized spacial score (nSPS) is 31.5. The van der Waals surface area contributed by atoms with Gasteiger partial charge in [-0.25, -0.2) is 8.78 Å². The largest absolute Gasteiger partial charge is 0.241 e. The lowest BCUT2D eigenvalue weighted by Gasteiger charge is -2.30. The highest BCUT2D eigenvalue weighted by Gasteiger charge is 2.28. The molecule has 2 heteroatoms. The zero-order valence-corrected chi connectivity index (χ0v) is 7.89. The van der Waals surface area contributed by atoms with Crippen LogP contribution >= 0.6 is 0 Å². The maximum atomic E-state index is 12.2. The first-order valence-electron chi connectivity index (χ1n) is 4.89. The Labute approximate surface area is 73.3 Å². The molecule has 0 amide bonds. The lowest BCUT2D eigenvalue weighted by molar-refractivity contribution is 0.0414. The third-order valence-electron chi connectivity index (χ3n) is 3.12. The maximum Gasteiger partial charge on any atom is 0.241 e. The molecule has 0 heterocycles. The van der Waals surface area contributed by atoms with Crippen molar-refractivity contribution in [2.24, 2.45) is 17.8 Å². The minimum absolute atomic E-state index is 0.306. The van der Waals surface area contributed by atoms with Gasteiger partial charge in [-0.2, -0.15) is 0 Å². The van der Waals surface area contributed by atoms with Crippen LogP contribution in [-0.2, 0) is 0 Å². The maximum absolute atomic E-state index is 12.2. The van der Waals surface area contributed by atoms with Crippen molar-refractivity contribution in [3.63, 3.8) is 0 Å². The van der Waals surface area contributed by atoms with Crippen LogP contribution in [0.5, 0.6) is 0 Å². The van der Waals surface area contributed by atoms with Crippen molar-refractivity contribution in [3.05, 3.63) is 0 Å². The Bertz CT molecular complexity index is 108. The molecule has 0 aromatic carbocycles. The zero-order valence-electron chi connectivity index (χ0n) is 7.89. The van der Waals surface area contributed by atoms with Gasteiger partial charge in [0.05, 0.1) is 0 Å². The van der Waals surface area contributed by atoms with Crippen LogP contribution in [0.1, 0.15) is 39.5 Å². The first-order chi connectivity index (χ1) is 5.61. The Hall–Kier alpha value is -0.140. The van der Waals surface area contributed by atoms with Crippen LogP contribution < -0.4 is 0 Å². The van der Waals surface area contributed by atoms with Crippen LogP contribution in [0.4, 0.5) is 8.78 Å². The van der Waals surface area contributed by atoms with Gasteiger partial charge in [-0.15, -0.1) is 0 Å². The molecule has 1 fully saturated rings. The van der Waals surface area contributed by atoms with Gasteiger partial charge in [-0.1, -0.05) is 13.8 Å². The molecule has 72 valence electrons. The molecule has 0 aromatic heterocycles. The molecule has 0 aromatic rings. The van der Waals surface area contributed by atoms with Gasteiger partial charge in [0.25, 0.3) is 0 Å². The minimum Gasteiger partial charge on any atom is -0.210 e. The van der Waals surface area contributed by atoms with Gasteiger partial charge in [0, 0.05) is 5.92 Å². The van der Waals surface area contributed by atoms with Gasteiger partial charge >= 0.3 is 0 Å². The Kier molecular flexibility index (Phi) is 3.48. The van der Waals surface area contributed by atoms with Gasteiger partial charge in [-0.3, -0.25) is 0 Å². The highest BCUT2D eigenvalue weighted by molar-refractivity contribution is 4.75. The third kappa shape index (κ3) is 2.43. The fourth-order valence-corrected chi connectivity index (χ4v) is 2.06. The van der Waals surface area contributed by atoms with Crippen molar-refractivity contribution in [1.29, 1.82) is 0 Å². The van der Waals surface area contributed by atoms with E-state index in [-0.39, 0.29) is 5.92 Å². The average Bonchev–Trinajstić information content (AvgIpc) is 2.04. The first kappa shape index (κ1) is 9.94. The molecule has 1 saturated carbocycles. The molecule has 0 atom stereocenters. The molecule has 1 aliphatic rings. The number of rotatable bonds is 2. The zero-order chi connectivity index (χ0) is 9.14. The number of alkyl halides is 2. The summed E-state index contributed by atoms with van der Waals surface area (Å²) in [5.74, 6) is 1.06. The summed E-state index contributed by atoms with van der Waals surface area (Å²) in [6, 6.07) is 0. The Balaban J connectivity index is 2.30. The SMILES string of the molecule is CC(C)[C@H]1CC[C@H](C(F)F)CC1. The second-order valence-corrected chi connectivity index (χ2v) is 4.25. The molecule has 0 bridgehead atoms. The molecular weight excluding hydrogens is 158 g/mol.